The van der Waals surface area contributed by atoms with Crippen LogP contribution in [0, 0.1) is 5.82 Å². The Morgan fingerprint density at radius 3 is 1.94 bits per heavy atom. The first-order valence-electron chi connectivity index (χ1n) is 11.6. The first-order valence-corrected chi connectivity index (χ1v) is 13.0. The number of benzene rings is 3. The van der Waals surface area contributed by atoms with Crippen molar-refractivity contribution < 1.29 is 8.60 Å². The molecule has 1 unspecified atom stereocenters. The summed E-state index contributed by atoms with van der Waals surface area (Å²) in [5, 5.41) is 0. The van der Waals surface area contributed by atoms with E-state index in [0.717, 1.165) is 38.9 Å². The predicted molar refractivity (Wildman–Crippen MR) is 143 cm³/mol. The molecule has 0 spiro atoms. The molecule has 1 aliphatic carbocycles. The zero-order chi connectivity index (χ0) is 22.6. The molecular weight excluding hydrogens is 465 g/mol. The van der Waals surface area contributed by atoms with Crippen LogP contribution < -0.4 is 0 Å². The molecule has 1 atom stereocenters. The van der Waals surface area contributed by atoms with Gasteiger partial charge in [-0.15, -0.1) is 12.4 Å². The highest BCUT2D eigenvalue weighted by Gasteiger charge is 2.22. The predicted octanol–water partition coefficient (Wildman–Crippen LogP) is 6.83. The minimum Gasteiger partial charge on any atom is -0.303 e. The summed E-state index contributed by atoms with van der Waals surface area (Å²) in [6.07, 6.45) is 7.46. The van der Waals surface area contributed by atoms with E-state index in [2.05, 4.69) is 65.6 Å². The van der Waals surface area contributed by atoms with Crippen LogP contribution in [0.3, 0.4) is 0 Å². The fourth-order valence-corrected chi connectivity index (χ4v) is 5.93. The van der Waals surface area contributed by atoms with E-state index in [9.17, 15) is 8.60 Å². The molecule has 176 valence electrons. The maximum absolute atomic E-state index is 13.1. The van der Waals surface area contributed by atoms with Gasteiger partial charge in [-0.1, -0.05) is 66.3 Å². The standard InChI is InChI=1S/C29H28FNOS.ClH/c30-25-12-14-26(15-13-25)33(32)21-5-18-31-19-16-24(17-20-31)29-27-8-3-1-6-22(27)10-11-23-7-2-4-9-28(23)29;/h1-4,6-15H,5,16-21H2;1H. The van der Waals surface area contributed by atoms with Crippen molar-refractivity contribution in [3.05, 3.63) is 106 Å². The molecular formula is C29H29ClFNOS. The monoisotopic (exact) mass is 493 g/mol. The molecule has 34 heavy (non-hydrogen) atoms. The second kappa shape index (κ2) is 11.3. The zero-order valence-electron chi connectivity index (χ0n) is 19.1. The average molecular weight is 494 g/mol. The summed E-state index contributed by atoms with van der Waals surface area (Å²) in [4.78, 5) is 3.19. The number of likely N-dealkylation sites (tertiary alicyclic amines) is 1. The van der Waals surface area contributed by atoms with Crippen molar-refractivity contribution in [2.24, 2.45) is 0 Å². The van der Waals surface area contributed by atoms with Crippen LogP contribution in [0.25, 0.3) is 17.7 Å². The second-order valence-electron chi connectivity index (χ2n) is 8.69. The summed E-state index contributed by atoms with van der Waals surface area (Å²) in [6, 6.07) is 23.4. The zero-order valence-corrected chi connectivity index (χ0v) is 20.7. The summed E-state index contributed by atoms with van der Waals surface area (Å²) in [5.41, 5.74) is 8.16. The van der Waals surface area contributed by atoms with Gasteiger partial charge in [0.25, 0.3) is 0 Å². The van der Waals surface area contributed by atoms with Crippen LogP contribution in [-0.4, -0.2) is 34.5 Å². The van der Waals surface area contributed by atoms with Gasteiger partial charge in [0, 0.05) is 23.7 Å². The van der Waals surface area contributed by atoms with Gasteiger partial charge in [0.1, 0.15) is 5.82 Å². The summed E-state index contributed by atoms with van der Waals surface area (Å²) < 4.78 is 25.6. The Bertz CT molecular complexity index is 1170. The maximum Gasteiger partial charge on any atom is 0.123 e. The van der Waals surface area contributed by atoms with Gasteiger partial charge < -0.3 is 4.90 Å². The molecule has 2 nitrogen and oxygen atoms in total. The van der Waals surface area contributed by atoms with E-state index in [4.69, 9.17) is 0 Å². The first-order chi connectivity index (χ1) is 16.2. The minimum atomic E-state index is -1.07. The van der Waals surface area contributed by atoms with E-state index in [1.807, 2.05) is 0 Å². The van der Waals surface area contributed by atoms with Crippen molar-refractivity contribution in [1.82, 2.24) is 4.90 Å². The van der Waals surface area contributed by atoms with Crippen molar-refractivity contribution in [3.63, 3.8) is 0 Å². The Hall–Kier alpha value is -2.53. The lowest BCUT2D eigenvalue weighted by atomic mass is 9.86. The van der Waals surface area contributed by atoms with Gasteiger partial charge in [-0.3, -0.25) is 4.21 Å². The van der Waals surface area contributed by atoms with Crippen LogP contribution in [-0.2, 0) is 10.8 Å². The molecule has 0 aromatic heterocycles. The van der Waals surface area contributed by atoms with Crippen molar-refractivity contribution in [2.45, 2.75) is 24.2 Å². The lowest BCUT2D eigenvalue weighted by Gasteiger charge is -2.30. The summed E-state index contributed by atoms with van der Waals surface area (Å²) in [5.74, 6) is 0.325. The molecule has 5 rings (SSSR count). The fraction of sp³-hybridized carbons (Fsp3) is 0.241. The van der Waals surface area contributed by atoms with Crippen molar-refractivity contribution in [3.8, 4) is 0 Å². The molecule has 5 heteroatoms. The Labute approximate surface area is 210 Å². The van der Waals surface area contributed by atoms with Gasteiger partial charge in [0.05, 0.1) is 10.8 Å². The number of halogens is 2. The summed E-state index contributed by atoms with van der Waals surface area (Å²) >= 11 is 0. The Morgan fingerprint density at radius 1 is 0.794 bits per heavy atom. The first kappa shape index (κ1) is 24.6. The van der Waals surface area contributed by atoms with E-state index >= 15 is 0 Å². The third-order valence-electron chi connectivity index (χ3n) is 6.60. The topological polar surface area (TPSA) is 20.3 Å². The Morgan fingerprint density at radius 2 is 1.35 bits per heavy atom. The number of hydrogen-bond donors (Lipinski definition) is 0. The third kappa shape index (κ3) is 5.41. The summed E-state index contributed by atoms with van der Waals surface area (Å²) in [7, 11) is -1.07. The smallest absolute Gasteiger partial charge is 0.123 e. The average Bonchev–Trinajstić information content (AvgIpc) is 3.02. The lowest BCUT2D eigenvalue weighted by Crippen LogP contribution is -2.32. The van der Waals surface area contributed by atoms with E-state index in [-0.39, 0.29) is 18.2 Å². The molecule has 0 saturated carbocycles. The molecule has 1 aliphatic heterocycles. The lowest BCUT2D eigenvalue weighted by molar-refractivity contribution is 0.258. The highest BCUT2D eigenvalue weighted by Crippen LogP contribution is 2.38. The van der Waals surface area contributed by atoms with Gasteiger partial charge in [-0.05, 0) is 77.9 Å². The third-order valence-corrected chi connectivity index (χ3v) is 8.05. The van der Waals surface area contributed by atoms with Crippen molar-refractivity contribution in [1.29, 1.82) is 0 Å². The molecule has 0 N–H and O–H groups in total. The molecule has 0 radical (unpaired) electrons. The molecule has 3 aromatic rings. The maximum atomic E-state index is 13.1. The van der Waals surface area contributed by atoms with Crippen LogP contribution in [0.4, 0.5) is 4.39 Å². The molecule has 1 fully saturated rings. The van der Waals surface area contributed by atoms with Crippen LogP contribution in [0.15, 0.2) is 83.3 Å². The highest BCUT2D eigenvalue weighted by molar-refractivity contribution is 7.85. The Kier molecular flexibility index (Phi) is 8.15. The van der Waals surface area contributed by atoms with Crippen molar-refractivity contribution >= 4 is 40.9 Å². The SMILES string of the molecule is Cl.O=S(CCCN1CCC(=C2c3ccccc3C=Cc3ccccc32)CC1)c1ccc(F)cc1. The molecule has 1 heterocycles. The number of rotatable bonds is 5. The number of fused-ring (bicyclic) bond motifs is 2. The van der Waals surface area contributed by atoms with Gasteiger partial charge in [0.2, 0.25) is 0 Å². The van der Waals surface area contributed by atoms with Gasteiger partial charge >= 0.3 is 0 Å². The molecule has 0 bridgehead atoms. The van der Waals surface area contributed by atoms with E-state index < -0.39 is 10.8 Å². The Balaban J connectivity index is 0.00000274. The van der Waals surface area contributed by atoms with E-state index in [1.165, 1.54) is 45.5 Å². The fourth-order valence-electron chi connectivity index (χ4n) is 4.87. The van der Waals surface area contributed by atoms with Crippen LogP contribution >= 0.6 is 12.4 Å². The van der Waals surface area contributed by atoms with Gasteiger partial charge in [-0.25, -0.2) is 4.39 Å². The number of hydrogen-bond acceptors (Lipinski definition) is 2. The molecule has 3 aromatic carbocycles. The van der Waals surface area contributed by atoms with Crippen LogP contribution in [0.2, 0.25) is 0 Å². The molecule has 0 amide bonds. The van der Waals surface area contributed by atoms with Gasteiger partial charge in [-0.2, -0.15) is 0 Å². The number of nitrogens with zero attached hydrogens (tertiary/aromatic N) is 1. The quantitative estimate of drug-likeness (QED) is 0.304. The van der Waals surface area contributed by atoms with Crippen LogP contribution in [0.5, 0.6) is 0 Å². The number of piperidine rings is 1. The van der Waals surface area contributed by atoms with E-state index in [1.54, 1.807) is 12.1 Å². The minimum absolute atomic E-state index is 0. The normalized spacial score (nSPS) is 16.3. The van der Waals surface area contributed by atoms with Crippen LogP contribution in [0.1, 0.15) is 41.5 Å². The molecule has 2 aliphatic rings. The summed E-state index contributed by atoms with van der Waals surface area (Å²) in [6.45, 7) is 3.00. The van der Waals surface area contributed by atoms with Crippen molar-refractivity contribution in [2.75, 3.05) is 25.4 Å². The van der Waals surface area contributed by atoms with Gasteiger partial charge in [0.15, 0.2) is 0 Å². The highest BCUT2D eigenvalue weighted by atomic mass is 35.5. The molecule has 1 saturated heterocycles. The largest absolute Gasteiger partial charge is 0.303 e. The van der Waals surface area contributed by atoms with E-state index in [0.29, 0.717) is 10.6 Å². The second-order valence-corrected chi connectivity index (χ2v) is 10.3.